The molecule has 0 unspecified atom stereocenters. The second-order valence-electron chi connectivity index (χ2n) is 4.50. The van der Waals surface area contributed by atoms with E-state index in [-0.39, 0.29) is 11.7 Å². The van der Waals surface area contributed by atoms with Gasteiger partial charge in [-0.15, -0.1) is 0 Å². The Bertz CT molecular complexity index is 590. The monoisotopic (exact) mass is 341 g/mol. The summed E-state index contributed by atoms with van der Waals surface area (Å²) in [6.07, 6.45) is 3.86. The Morgan fingerprint density at radius 1 is 1.40 bits per heavy atom. The van der Waals surface area contributed by atoms with E-state index in [2.05, 4.69) is 31.4 Å². The molecule has 106 valence electrons. The van der Waals surface area contributed by atoms with Gasteiger partial charge >= 0.3 is 0 Å². The zero-order valence-corrected chi connectivity index (χ0v) is 12.1. The number of ether oxygens (including phenoxy) is 1. The SMILES string of the molecule is O=C(NC1(c2ncon2)CCOCC1)c1occc1Br. The van der Waals surface area contributed by atoms with E-state index in [0.717, 1.165) is 0 Å². The molecule has 1 N–H and O–H groups in total. The molecular weight excluding hydrogens is 330 g/mol. The predicted molar refractivity (Wildman–Crippen MR) is 69.9 cm³/mol. The average molecular weight is 342 g/mol. The van der Waals surface area contributed by atoms with Gasteiger partial charge in [-0.3, -0.25) is 4.79 Å². The van der Waals surface area contributed by atoms with Gasteiger partial charge in [-0.25, -0.2) is 0 Å². The summed E-state index contributed by atoms with van der Waals surface area (Å²) in [4.78, 5) is 16.4. The summed E-state index contributed by atoms with van der Waals surface area (Å²) in [7, 11) is 0. The van der Waals surface area contributed by atoms with Crippen LogP contribution in [-0.2, 0) is 10.3 Å². The number of hydrogen-bond donors (Lipinski definition) is 1. The third-order valence-corrected chi connectivity index (χ3v) is 3.94. The minimum absolute atomic E-state index is 0.222. The van der Waals surface area contributed by atoms with E-state index in [1.807, 2.05) is 0 Å². The molecule has 7 nitrogen and oxygen atoms in total. The van der Waals surface area contributed by atoms with Crippen LogP contribution >= 0.6 is 15.9 Å². The van der Waals surface area contributed by atoms with Gasteiger partial charge in [0, 0.05) is 26.1 Å². The Morgan fingerprint density at radius 2 is 2.20 bits per heavy atom. The maximum atomic E-state index is 12.3. The van der Waals surface area contributed by atoms with Crippen molar-refractivity contribution in [3.05, 3.63) is 34.8 Å². The molecule has 2 aromatic rings. The fraction of sp³-hybridized carbons (Fsp3) is 0.417. The van der Waals surface area contributed by atoms with E-state index in [1.54, 1.807) is 6.07 Å². The van der Waals surface area contributed by atoms with E-state index >= 15 is 0 Å². The molecule has 8 heteroatoms. The molecule has 20 heavy (non-hydrogen) atoms. The summed E-state index contributed by atoms with van der Waals surface area (Å²) in [5.41, 5.74) is -0.686. The Hall–Kier alpha value is -1.67. The normalized spacial score (nSPS) is 17.9. The van der Waals surface area contributed by atoms with Crippen molar-refractivity contribution in [3.63, 3.8) is 0 Å². The van der Waals surface area contributed by atoms with Gasteiger partial charge in [-0.2, -0.15) is 4.98 Å². The van der Waals surface area contributed by atoms with Crippen molar-refractivity contribution in [2.75, 3.05) is 13.2 Å². The molecule has 1 amide bonds. The summed E-state index contributed by atoms with van der Waals surface area (Å²) < 4.78 is 15.9. The van der Waals surface area contributed by atoms with Crippen LogP contribution in [0.4, 0.5) is 0 Å². The average Bonchev–Trinajstić information content (AvgIpc) is 3.10. The Labute approximate surface area is 122 Å². The standard InChI is InChI=1S/C12H12BrN3O4/c13-8-1-4-19-9(8)10(17)15-12(2-5-18-6-3-12)11-14-7-20-16-11/h1,4,7H,2-3,5-6H2,(H,15,17). The topological polar surface area (TPSA) is 90.4 Å². The molecule has 0 aliphatic carbocycles. The third kappa shape index (κ3) is 2.36. The number of hydrogen-bond acceptors (Lipinski definition) is 6. The molecule has 3 heterocycles. The smallest absolute Gasteiger partial charge is 0.288 e. The molecule has 1 fully saturated rings. The van der Waals surface area contributed by atoms with Crippen molar-refractivity contribution < 1.29 is 18.5 Å². The summed E-state index contributed by atoms with van der Waals surface area (Å²) >= 11 is 3.27. The van der Waals surface area contributed by atoms with E-state index in [9.17, 15) is 4.79 Å². The summed E-state index contributed by atoms with van der Waals surface area (Å²) in [6, 6.07) is 1.67. The minimum Gasteiger partial charge on any atom is -0.458 e. The van der Waals surface area contributed by atoms with Crippen LogP contribution in [0, 0.1) is 0 Å². The fourth-order valence-corrected chi connectivity index (χ4v) is 2.62. The van der Waals surface area contributed by atoms with E-state index in [0.29, 0.717) is 36.4 Å². The molecule has 0 aromatic carbocycles. The van der Waals surface area contributed by atoms with Crippen LogP contribution < -0.4 is 5.32 Å². The van der Waals surface area contributed by atoms with Crippen LogP contribution in [0.15, 0.2) is 32.1 Å². The number of carbonyl (C=O) groups excluding carboxylic acids is 1. The van der Waals surface area contributed by atoms with Crippen molar-refractivity contribution in [3.8, 4) is 0 Å². The van der Waals surface area contributed by atoms with Crippen LogP contribution in [0.5, 0.6) is 0 Å². The largest absolute Gasteiger partial charge is 0.458 e. The van der Waals surface area contributed by atoms with Gasteiger partial charge in [0.25, 0.3) is 5.91 Å². The number of furan rings is 1. The lowest BCUT2D eigenvalue weighted by Crippen LogP contribution is -2.50. The number of halogens is 1. The van der Waals surface area contributed by atoms with Crippen molar-refractivity contribution in [2.24, 2.45) is 0 Å². The molecule has 3 rings (SSSR count). The van der Waals surface area contributed by atoms with Gasteiger partial charge in [0.15, 0.2) is 5.82 Å². The maximum absolute atomic E-state index is 12.3. The van der Waals surface area contributed by atoms with Crippen molar-refractivity contribution in [2.45, 2.75) is 18.4 Å². The van der Waals surface area contributed by atoms with Crippen molar-refractivity contribution in [1.29, 1.82) is 0 Å². The second-order valence-corrected chi connectivity index (χ2v) is 5.36. The first kappa shape index (κ1) is 13.3. The number of aromatic nitrogens is 2. The Kier molecular flexibility index (Phi) is 3.58. The maximum Gasteiger partial charge on any atom is 0.288 e. The molecule has 0 spiro atoms. The van der Waals surface area contributed by atoms with Crippen LogP contribution in [0.1, 0.15) is 29.2 Å². The zero-order valence-electron chi connectivity index (χ0n) is 10.5. The second kappa shape index (κ2) is 5.37. The van der Waals surface area contributed by atoms with Gasteiger partial charge in [0.05, 0.1) is 10.7 Å². The highest BCUT2D eigenvalue weighted by molar-refractivity contribution is 9.10. The zero-order chi connectivity index (χ0) is 14.0. The summed E-state index contributed by atoms with van der Waals surface area (Å²) in [6.45, 7) is 1.04. The molecule has 0 saturated carbocycles. The molecule has 0 radical (unpaired) electrons. The minimum atomic E-state index is -0.686. The highest BCUT2D eigenvalue weighted by atomic mass is 79.9. The predicted octanol–water partition coefficient (Wildman–Crippen LogP) is 1.86. The quantitative estimate of drug-likeness (QED) is 0.916. The fourth-order valence-electron chi connectivity index (χ4n) is 2.24. The Morgan fingerprint density at radius 3 is 2.80 bits per heavy atom. The molecular formula is C12H12BrN3O4. The molecule has 0 atom stereocenters. The first-order valence-corrected chi connectivity index (χ1v) is 6.91. The highest BCUT2D eigenvalue weighted by Crippen LogP contribution is 2.30. The van der Waals surface area contributed by atoms with Crippen LogP contribution in [0.3, 0.4) is 0 Å². The van der Waals surface area contributed by atoms with Crippen LogP contribution in [0.25, 0.3) is 0 Å². The van der Waals surface area contributed by atoms with E-state index in [4.69, 9.17) is 13.7 Å². The highest BCUT2D eigenvalue weighted by Gasteiger charge is 2.40. The summed E-state index contributed by atoms with van der Waals surface area (Å²) in [5.74, 6) is 0.352. The lowest BCUT2D eigenvalue weighted by molar-refractivity contribution is 0.0298. The van der Waals surface area contributed by atoms with Crippen molar-refractivity contribution in [1.82, 2.24) is 15.5 Å². The molecule has 1 aliphatic rings. The lowest BCUT2D eigenvalue weighted by Gasteiger charge is -2.34. The van der Waals surface area contributed by atoms with Crippen LogP contribution in [-0.4, -0.2) is 29.3 Å². The molecule has 1 aliphatic heterocycles. The van der Waals surface area contributed by atoms with Gasteiger partial charge in [0.2, 0.25) is 12.2 Å². The summed E-state index contributed by atoms with van der Waals surface area (Å²) in [5, 5.41) is 6.82. The van der Waals surface area contributed by atoms with Gasteiger partial charge in [-0.05, 0) is 22.0 Å². The number of nitrogens with zero attached hydrogens (tertiary/aromatic N) is 2. The van der Waals surface area contributed by atoms with E-state index in [1.165, 1.54) is 12.7 Å². The number of carbonyl (C=O) groups is 1. The first-order valence-electron chi connectivity index (χ1n) is 6.11. The number of nitrogens with one attached hydrogen (secondary N) is 1. The molecule has 2 aromatic heterocycles. The van der Waals surface area contributed by atoms with Crippen molar-refractivity contribution >= 4 is 21.8 Å². The molecule has 0 bridgehead atoms. The Balaban J connectivity index is 1.88. The van der Waals surface area contributed by atoms with E-state index < -0.39 is 5.54 Å². The van der Waals surface area contributed by atoms with Crippen LogP contribution in [0.2, 0.25) is 0 Å². The number of amides is 1. The molecule has 1 saturated heterocycles. The lowest BCUT2D eigenvalue weighted by atomic mass is 9.89. The van der Waals surface area contributed by atoms with Gasteiger partial charge in [-0.1, -0.05) is 5.16 Å². The van der Waals surface area contributed by atoms with Gasteiger partial charge in [0.1, 0.15) is 5.54 Å². The third-order valence-electron chi connectivity index (χ3n) is 3.31. The first-order chi connectivity index (χ1) is 9.71. The number of rotatable bonds is 3. The van der Waals surface area contributed by atoms with Gasteiger partial charge < -0.3 is 19.0 Å².